The highest BCUT2D eigenvalue weighted by molar-refractivity contribution is 5.85. The molecule has 0 radical (unpaired) electrons. The molecule has 1 saturated heterocycles. The van der Waals surface area contributed by atoms with Crippen LogP contribution in [0.2, 0.25) is 0 Å². The Morgan fingerprint density at radius 1 is 1.10 bits per heavy atom. The fourth-order valence-corrected chi connectivity index (χ4v) is 3.67. The van der Waals surface area contributed by atoms with Crippen LogP contribution in [-0.4, -0.2) is 51.2 Å². The lowest BCUT2D eigenvalue weighted by molar-refractivity contribution is -0.123. The average molecular weight is 434 g/mol. The number of carbonyl (C=O) groups excluding carboxylic acids is 1. The van der Waals surface area contributed by atoms with E-state index in [2.05, 4.69) is 46.7 Å². The minimum atomic E-state index is 0. The molecular formula is C23H32ClN3O3. The first-order valence-corrected chi connectivity index (χ1v) is 10.2. The number of piperazine rings is 1. The van der Waals surface area contributed by atoms with Gasteiger partial charge >= 0.3 is 0 Å². The van der Waals surface area contributed by atoms with Gasteiger partial charge in [0, 0.05) is 32.2 Å². The minimum absolute atomic E-state index is 0. The molecule has 0 aromatic heterocycles. The number of nitrogens with zero attached hydrogens (tertiary/aromatic N) is 1. The highest BCUT2D eigenvalue weighted by Crippen LogP contribution is 2.27. The highest BCUT2D eigenvalue weighted by Gasteiger charge is 2.25. The van der Waals surface area contributed by atoms with E-state index in [9.17, 15) is 4.79 Å². The topological polar surface area (TPSA) is 62.8 Å². The van der Waals surface area contributed by atoms with Crippen LogP contribution >= 0.6 is 12.4 Å². The van der Waals surface area contributed by atoms with Crippen molar-refractivity contribution in [3.63, 3.8) is 0 Å². The van der Waals surface area contributed by atoms with E-state index in [1.165, 1.54) is 11.1 Å². The Bertz CT molecular complexity index is 814. The van der Waals surface area contributed by atoms with Crippen molar-refractivity contribution < 1.29 is 14.3 Å². The molecule has 6 nitrogen and oxygen atoms in total. The van der Waals surface area contributed by atoms with Gasteiger partial charge in [-0.3, -0.25) is 9.69 Å². The number of hydrogen-bond acceptors (Lipinski definition) is 5. The van der Waals surface area contributed by atoms with Crippen molar-refractivity contribution in [1.29, 1.82) is 0 Å². The Morgan fingerprint density at radius 2 is 1.80 bits per heavy atom. The molecule has 0 bridgehead atoms. The van der Waals surface area contributed by atoms with Gasteiger partial charge < -0.3 is 20.1 Å². The number of amides is 1. The molecule has 7 heteroatoms. The molecule has 3 rings (SSSR count). The van der Waals surface area contributed by atoms with Crippen molar-refractivity contribution in [1.82, 2.24) is 15.5 Å². The van der Waals surface area contributed by atoms with Gasteiger partial charge in [0.05, 0.1) is 20.8 Å². The zero-order valence-electron chi connectivity index (χ0n) is 17.9. The summed E-state index contributed by atoms with van der Waals surface area (Å²) in [6.45, 7) is 5.60. The molecule has 2 N–H and O–H groups in total. The predicted octanol–water partition coefficient (Wildman–Crippen LogP) is 2.95. The number of nitrogens with one attached hydrogen (secondary N) is 2. The van der Waals surface area contributed by atoms with Crippen LogP contribution in [0.5, 0.6) is 11.5 Å². The van der Waals surface area contributed by atoms with E-state index < -0.39 is 0 Å². The lowest BCUT2D eigenvalue weighted by atomic mass is 10.0. The Balaban J connectivity index is 0.00000320. The smallest absolute Gasteiger partial charge is 0.234 e. The van der Waals surface area contributed by atoms with Crippen molar-refractivity contribution in [2.75, 3.05) is 40.4 Å². The molecule has 30 heavy (non-hydrogen) atoms. The second-order valence-corrected chi connectivity index (χ2v) is 7.25. The summed E-state index contributed by atoms with van der Waals surface area (Å²) in [5, 5.41) is 6.48. The molecule has 1 fully saturated rings. The Hall–Kier alpha value is -2.28. The zero-order valence-corrected chi connectivity index (χ0v) is 18.8. The van der Waals surface area contributed by atoms with Crippen molar-refractivity contribution in [2.45, 2.75) is 25.9 Å². The van der Waals surface area contributed by atoms with Gasteiger partial charge in [-0.15, -0.1) is 12.4 Å². The van der Waals surface area contributed by atoms with Gasteiger partial charge in [-0.1, -0.05) is 37.3 Å². The first-order chi connectivity index (χ1) is 14.1. The van der Waals surface area contributed by atoms with E-state index in [-0.39, 0.29) is 24.4 Å². The summed E-state index contributed by atoms with van der Waals surface area (Å²) in [5.74, 6) is 1.37. The van der Waals surface area contributed by atoms with Crippen LogP contribution in [0.25, 0.3) is 0 Å². The summed E-state index contributed by atoms with van der Waals surface area (Å²) in [6, 6.07) is 14.6. The first-order valence-electron chi connectivity index (χ1n) is 10.2. The van der Waals surface area contributed by atoms with Crippen molar-refractivity contribution in [3.05, 3.63) is 59.2 Å². The van der Waals surface area contributed by atoms with Crippen LogP contribution in [0.3, 0.4) is 0 Å². The molecule has 0 saturated carbocycles. The van der Waals surface area contributed by atoms with E-state index in [1.54, 1.807) is 14.2 Å². The molecule has 1 aliphatic rings. The molecule has 1 atom stereocenters. The quantitative estimate of drug-likeness (QED) is 0.670. The number of rotatable bonds is 8. The van der Waals surface area contributed by atoms with Crippen LogP contribution in [0, 0.1) is 0 Å². The second-order valence-electron chi connectivity index (χ2n) is 7.25. The maximum atomic E-state index is 12.6. The SMILES string of the molecule is CCc1ccc(C2CNCCN2CC(=O)NCc2ccc(OC)c(OC)c2)cc1.Cl. The molecule has 1 aliphatic heterocycles. The van der Waals surface area contributed by atoms with Crippen molar-refractivity contribution in [3.8, 4) is 11.5 Å². The zero-order chi connectivity index (χ0) is 20.6. The molecular weight excluding hydrogens is 402 g/mol. The van der Waals surface area contributed by atoms with Crippen LogP contribution in [0.15, 0.2) is 42.5 Å². The summed E-state index contributed by atoms with van der Waals surface area (Å²) < 4.78 is 10.6. The lowest BCUT2D eigenvalue weighted by Gasteiger charge is -2.36. The summed E-state index contributed by atoms with van der Waals surface area (Å²) in [7, 11) is 3.22. The fraction of sp³-hybridized carbons (Fsp3) is 0.435. The summed E-state index contributed by atoms with van der Waals surface area (Å²) >= 11 is 0. The molecule has 0 spiro atoms. The Kier molecular flexibility index (Phi) is 9.43. The van der Waals surface area contributed by atoms with Gasteiger partial charge in [-0.25, -0.2) is 0 Å². The molecule has 2 aromatic rings. The summed E-state index contributed by atoms with van der Waals surface area (Å²) in [4.78, 5) is 14.9. The van der Waals surface area contributed by atoms with E-state index in [0.717, 1.165) is 31.6 Å². The first kappa shape index (κ1) is 24.0. The lowest BCUT2D eigenvalue weighted by Crippen LogP contribution is -2.49. The van der Waals surface area contributed by atoms with Crippen molar-refractivity contribution in [2.24, 2.45) is 0 Å². The number of benzene rings is 2. The van der Waals surface area contributed by atoms with E-state index in [0.29, 0.717) is 24.6 Å². The number of ether oxygens (including phenoxy) is 2. The van der Waals surface area contributed by atoms with Crippen LogP contribution < -0.4 is 20.1 Å². The third-order valence-electron chi connectivity index (χ3n) is 5.41. The molecule has 1 amide bonds. The number of hydrogen-bond donors (Lipinski definition) is 2. The minimum Gasteiger partial charge on any atom is -0.493 e. The van der Waals surface area contributed by atoms with Gasteiger partial charge in [0.2, 0.25) is 5.91 Å². The molecule has 2 aromatic carbocycles. The van der Waals surface area contributed by atoms with E-state index >= 15 is 0 Å². The largest absolute Gasteiger partial charge is 0.493 e. The molecule has 1 heterocycles. The Labute approximate surface area is 185 Å². The van der Waals surface area contributed by atoms with Gasteiger partial charge in [-0.2, -0.15) is 0 Å². The van der Waals surface area contributed by atoms with Gasteiger partial charge in [-0.05, 0) is 35.2 Å². The monoisotopic (exact) mass is 433 g/mol. The average Bonchev–Trinajstić information content (AvgIpc) is 2.78. The summed E-state index contributed by atoms with van der Waals surface area (Å²) in [6.07, 6.45) is 1.03. The third kappa shape index (κ3) is 6.11. The van der Waals surface area contributed by atoms with Crippen molar-refractivity contribution >= 4 is 18.3 Å². The second kappa shape index (κ2) is 11.8. The van der Waals surface area contributed by atoms with Gasteiger partial charge in [0.15, 0.2) is 11.5 Å². The maximum absolute atomic E-state index is 12.6. The molecule has 1 unspecified atom stereocenters. The summed E-state index contributed by atoms with van der Waals surface area (Å²) in [5.41, 5.74) is 3.56. The number of carbonyl (C=O) groups is 1. The molecule has 164 valence electrons. The van der Waals surface area contributed by atoms with E-state index in [1.807, 2.05) is 18.2 Å². The van der Waals surface area contributed by atoms with Crippen LogP contribution in [-0.2, 0) is 17.8 Å². The van der Waals surface area contributed by atoms with Crippen LogP contribution in [0.1, 0.15) is 29.7 Å². The van der Waals surface area contributed by atoms with Gasteiger partial charge in [0.25, 0.3) is 0 Å². The number of methoxy groups -OCH3 is 2. The predicted molar refractivity (Wildman–Crippen MR) is 122 cm³/mol. The maximum Gasteiger partial charge on any atom is 0.234 e. The normalized spacial score (nSPS) is 16.4. The number of halogens is 1. The third-order valence-corrected chi connectivity index (χ3v) is 5.41. The fourth-order valence-electron chi connectivity index (χ4n) is 3.67. The van der Waals surface area contributed by atoms with Gasteiger partial charge in [0.1, 0.15) is 0 Å². The van der Waals surface area contributed by atoms with E-state index in [4.69, 9.17) is 9.47 Å². The standard InChI is InChI=1S/C23H31N3O3.ClH/c1-4-17-5-8-19(9-6-17)20-15-24-11-12-26(20)16-23(27)25-14-18-7-10-21(28-2)22(13-18)29-3;/h5-10,13,20,24H,4,11-12,14-16H2,1-3H3,(H,25,27);1H. The number of aryl methyl sites for hydroxylation is 1. The molecule has 0 aliphatic carbocycles. The highest BCUT2D eigenvalue weighted by atomic mass is 35.5. The Morgan fingerprint density at radius 3 is 2.47 bits per heavy atom. The van der Waals surface area contributed by atoms with Crippen LogP contribution in [0.4, 0.5) is 0 Å².